The molecule has 0 bridgehead atoms. The van der Waals surface area contributed by atoms with Crippen molar-refractivity contribution in [2.75, 3.05) is 38.7 Å². The summed E-state index contributed by atoms with van der Waals surface area (Å²) in [5.74, 6) is 1.40. The summed E-state index contributed by atoms with van der Waals surface area (Å²) in [7, 11) is 6.10. The monoisotopic (exact) mass is 463 g/mol. The number of carbonyl (C=O) groups is 2. The maximum absolute atomic E-state index is 13.8. The summed E-state index contributed by atoms with van der Waals surface area (Å²) in [6, 6.07) is 13.6. The average Bonchev–Trinajstić information content (AvgIpc) is 2.87. The van der Waals surface area contributed by atoms with Crippen molar-refractivity contribution in [1.82, 2.24) is 4.98 Å². The molecular weight excluding hydrogens is 438 g/mol. The zero-order valence-electron chi connectivity index (χ0n) is 19.3. The number of hydrogen-bond acceptors (Lipinski definition) is 7. The molecule has 1 saturated heterocycles. The van der Waals surface area contributed by atoms with Crippen molar-refractivity contribution < 1.29 is 28.5 Å². The van der Waals surface area contributed by atoms with Gasteiger partial charge in [-0.2, -0.15) is 0 Å². The molecule has 0 saturated carbocycles. The Hall–Kier alpha value is -4.27. The molecule has 34 heavy (non-hydrogen) atoms. The Morgan fingerprint density at radius 1 is 0.853 bits per heavy atom. The molecule has 9 nitrogen and oxygen atoms in total. The first kappa shape index (κ1) is 22.9. The van der Waals surface area contributed by atoms with Crippen molar-refractivity contribution in [3.05, 3.63) is 66.5 Å². The van der Waals surface area contributed by atoms with E-state index in [1.54, 1.807) is 60.9 Å². The number of benzene rings is 2. The van der Waals surface area contributed by atoms with Crippen LogP contribution in [-0.2, 0) is 15.1 Å². The number of amides is 2. The van der Waals surface area contributed by atoms with Gasteiger partial charge in [-0.25, -0.2) is 0 Å². The Morgan fingerprint density at radius 3 is 2.03 bits per heavy atom. The second-order valence-corrected chi connectivity index (χ2v) is 7.57. The SMILES string of the molecule is COc1ccc(NC(=O)C2(c3ccncc3)CC(=O)N2c2ccc(OC)c(OC)c2)cc1OC. The minimum absolute atomic E-state index is 0.00944. The summed E-state index contributed by atoms with van der Waals surface area (Å²) in [4.78, 5) is 32.3. The first-order valence-corrected chi connectivity index (χ1v) is 10.5. The van der Waals surface area contributed by atoms with E-state index >= 15 is 0 Å². The molecule has 1 aliphatic rings. The Bertz CT molecular complexity index is 1220. The normalized spacial score (nSPS) is 16.9. The predicted molar refractivity (Wildman–Crippen MR) is 126 cm³/mol. The van der Waals surface area contributed by atoms with Gasteiger partial charge in [-0.3, -0.25) is 19.5 Å². The zero-order chi connectivity index (χ0) is 24.3. The van der Waals surface area contributed by atoms with Crippen molar-refractivity contribution in [3.8, 4) is 23.0 Å². The maximum atomic E-state index is 13.8. The number of rotatable bonds is 8. The lowest BCUT2D eigenvalue weighted by Crippen LogP contribution is -2.67. The molecule has 9 heteroatoms. The molecule has 1 unspecified atom stereocenters. The van der Waals surface area contributed by atoms with Crippen molar-refractivity contribution in [2.45, 2.75) is 12.0 Å². The van der Waals surface area contributed by atoms with Crippen LogP contribution in [-0.4, -0.2) is 45.2 Å². The van der Waals surface area contributed by atoms with E-state index in [4.69, 9.17) is 18.9 Å². The van der Waals surface area contributed by atoms with Crippen molar-refractivity contribution >= 4 is 23.2 Å². The van der Waals surface area contributed by atoms with Gasteiger partial charge in [-0.15, -0.1) is 0 Å². The van der Waals surface area contributed by atoms with Crippen LogP contribution in [0.15, 0.2) is 60.9 Å². The highest BCUT2D eigenvalue weighted by molar-refractivity contribution is 6.17. The standard InChI is InChI=1S/C25H25N3O6/c1-31-19-7-5-17(13-21(19)33-3)27-24(30)25(16-9-11-26-12-10-16)15-23(29)28(25)18-6-8-20(32-2)22(14-18)34-4/h5-14H,15H2,1-4H3,(H,27,30). The van der Waals surface area contributed by atoms with E-state index < -0.39 is 5.54 Å². The number of nitrogens with zero attached hydrogens (tertiary/aromatic N) is 2. The second kappa shape index (κ2) is 9.30. The number of carbonyl (C=O) groups excluding carboxylic acids is 2. The Labute approximate surface area is 197 Å². The van der Waals surface area contributed by atoms with Gasteiger partial charge in [0.1, 0.15) is 0 Å². The molecule has 1 aromatic heterocycles. The van der Waals surface area contributed by atoms with E-state index in [1.165, 1.54) is 33.3 Å². The number of nitrogens with one attached hydrogen (secondary N) is 1. The van der Waals surface area contributed by atoms with Gasteiger partial charge in [0.15, 0.2) is 28.5 Å². The first-order chi connectivity index (χ1) is 16.5. The molecule has 176 valence electrons. The van der Waals surface area contributed by atoms with Gasteiger partial charge in [0.2, 0.25) is 5.91 Å². The molecule has 1 fully saturated rings. The van der Waals surface area contributed by atoms with Crippen LogP contribution in [0.3, 0.4) is 0 Å². The molecule has 3 aromatic rings. The summed E-state index contributed by atoms with van der Waals surface area (Å²) in [6.45, 7) is 0. The van der Waals surface area contributed by atoms with Crippen LogP contribution in [0, 0.1) is 0 Å². The van der Waals surface area contributed by atoms with Gasteiger partial charge in [-0.05, 0) is 42.0 Å². The highest BCUT2D eigenvalue weighted by Crippen LogP contribution is 2.47. The summed E-state index contributed by atoms with van der Waals surface area (Å²) in [5.41, 5.74) is 0.359. The summed E-state index contributed by atoms with van der Waals surface area (Å²) in [6.07, 6.45) is 3.18. The lowest BCUT2D eigenvalue weighted by Gasteiger charge is -2.50. The fourth-order valence-electron chi connectivity index (χ4n) is 4.15. The van der Waals surface area contributed by atoms with Crippen LogP contribution in [0.2, 0.25) is 0 Å². The van der Waals surface area contributed by atoms with Gasteiger partial charge >= 0.3 is 0 Å². The number of ether oxygens (including phenoxy) is 4. The number of β-lactam (4-membered cyclic amide) rings is 1. The number of anilines is 2. The molecule has 4 rings (SSSR count). The summed E-state index contributed by atoms with van der Waals surface area (Å²) in [5, 5.41) is 2.94. The van der Waals surface area contributed by atoms with Crippen LogP contribution < -0.4 is 29.2 Å². The number of pyridine rings is 1. The topological polar surface area (TPSA) is 99.2 Å². The number of hydrogen-bond donors (Lipinski definition) is 1. The van der Waals surface area contributed by atoms with Gasteiger partial charge in [0, 0.05) is 35.9 Å². The van der Waals surface area contributed by atoms with E-state index in [9.17, 15) is 9.59 Å². The minimum Gasteiger partial charge on any atom is -0.493 e. The molecular formula is C25H25N3O6. The zero-order valence-corrected chi connectivity index (χ0v) is 19.3. The van der Waals surface area contributed by atoms with Crippen molar-refractivity contribution in [2.24, 2.45) is 0 Å². The fraction of sp³-hybridized carbons (Fsp3) is 0.240. The predicted octanol–water partition coefficient (Wildman–Crippen LogP) is 3.39. The van der Waals surface area contributed by atoms with Crippen LogP contribution in [0.25, 0.3) is 0 Å². The molecule has 1 atom stereocenters. The van der Waals surface area contributed by atoms with Gasteiger partial charge in [-0.1, -0.05) is 0 Å². The molecule has 0 radical (unpaired) electrons. The highest BCUT2D eigenvalue weighted by atomic mass is 16.5. The highest BCUT2D eigenvalue weighted by Gasteiger charge is 2.58. The largest absolute Gasteiger partial charge is 0.493 e. The lowest BCUT2D eigenvalue weighted by molar-refractivity contribution is -0.137. The Morgan fingerprint density at radius 2 is 1.44 bits per heavy atom. The van der Waals surface area contributed by atoms with Crippen LogP contribution in [0.4, 0.5) is 11.4 Å². The summed E-state index contributed by atoms with van der Waals surface area (Å²) >= 11 is 0. The third-order valence-electron chi connectivity index (χ3n) is 5.84. The molecule has 2 aromatic carbocycles. The molecule has 0 spiro atoms. The third kappa shape index (κ3) is 3.75. The quantitative estimate of drug-likeness (QED) is 0.511. The van der Waals surface area contributed by atoms with Crippen LogP contribution in [0.5, 0.6) is 23.0 Å². The molecule has 2 amide bonds. The molecule has 2 heterocycles. The number of aromatic nitrogens is 1. The van der Waals surface area contributed by atoms with Gasteiger partial charge < -0.3 is 24.3 Å². The molecule has 1 N–H and O–H groups in total. The van der Waals surface area contributed by atoms with Crippen LogP contribution >= 0.6 is 0 Å². The van der Waals surface area contributed by atoms with E-state index in [-0.39, 0.29) is 18.2 Å². The number of methoxy groups -OCH3 is 4. The smallest absolute Gasteiger partial charge is 0.255 e. The minimum atomic E-state index is -1.28. The summed E-state index contributed by atoms with van der Waals surface area (Å²) < 4.78 is 21.3. The first-order valence-electron chi connectivity index (χ1n) is 10.5. The van der Waals surface area contributed by atoms with E-state index in [0.717, 1.165) is 0 Å². The second-order valence-electron chi connectivity index (χ2n) is 7.57. The third-order valence-corrected chi connectivity index (χ3v) is 5.84. The Balaban J connectivity index is 1.77. The van der Waals surface area contributed by atoms with E-state index in [2.05, 4.69) is 10.3 Å². The molecule has 0 aliphatic carbocycles. The molecule has 1 aliphatic heterocycles. The average molecular weight is 463 g/mol. The fourth-order valence-corrected chi connectivity index (χ4v) is 4.15. The Kier molecular flexibility index (Phi) is 6.27. The lowest BCUT2D eigenvalue weighted by atomic mass is 9.76. The van der Waals surface area contributed by atoms with Crippen molar-refractivity contribution in [3.63, 3.8) is 0 Å². The maximum Gasteiger partial charge on any atom is 0.255 e. The van der Waals surface area contributed by atoms with Crippen LogP contribution in [0.1, 0.15) is 12.0 Å². The van der Waals surface area contributed by atoms with E-state index in [1.807, 2.05) is 0 Å². The van der Waals surface area contributed by atoms with Gasteiger partial charge in [0.05, 0.1) is 34.9 Å². The van der Waals surface area contributed by atoms with E-state index in [0.29, 0.717) is 39.9 Å². The van der Waals surface area contributed by atoms with Gasteiger partial charge in [0.25, 0.3) is 5.91 Å². The van der Waals surface area contributed by atoms with Crippen molar-refractivity contribution in [1.29, 1.82) is 0 Å².